The van der Waals surface area contributed by atoms with Gasteiger partial charge in [0.2, 0.25) is 5.96 Å². The zero-order valence-electron chi connectivity index (χ0n) is 7.20. The minimum Gasteiger partial charge on any atom is -0.370 e. The van der Waals surface area contributed by atoms with E-state index in [1.165, 1.54) is 0 Å². The summed E-state index contributed by atoms with van der Waals surface area (Å²) in [6.07, 6.45) is 4.79. The topological polar surface area (TPSA) is 103 Å². The Morgan fingerprint density at radius 1 is 1.33 bits per heavy atom. The Labute approximate surface area is 72.0 Å². The summed E-state index contributed by atoms with van der Waals surface area (Å²) in [5.41, 5.74) is 15.5. The number of nitrogens with zero attached hydrogens (tertiary/aromatic N) is 2. The highest BCUT2D eigenvalue weighted by atomic mass is 15.1. The van der Waals surface area contributed by atoms with E-state index < -0.39 is 0 Å². The fraction of sp³-hybridized carbons (Fsp3) is 0.429. The summed E-state index contributed by atoms with van der Waals surface area (Å²) in [7, 11) is 0. The molecular weight excluding hydrogens is 154 g/mol. The van der Waals surface area contributed by atoms with E-state index >= 15 is 0 Å². The second-order valence-corrected chi connectivity index (χ2v) is 2.13. The van der Waals surface area contributed by atoms with Gasteiger partial charge in [-0.25, -0.2) is 0 Å². The van der Waals surface area contributed by atoms with Crippen molar-refractivity contribution in [3.8, 4) is 0 Å². The summed E-state index contributed by atoms with van der Waals surface area (Å²) in [6, 6.07) is 0. The number of guanidine groups is 2. The van der Waals surface area contributed by atoms with Crippen LogP contribution in [0.4, 0.5) is 0 Å². The molecular formula is C7H15N5. The SMILES string of the molecule is C/C=C/CCN=C(N)N=C(N)N. The zero-order valence-corrected chi connectivity index (χ0v) is 7.20. The van der Waals surface area contributed by atoms with Gasteiger partial charge in [0.1, 0.15) is 0 Å². The summed E-state index contributed by atoms with van der Waals surface area (Å²) in [6.45, 7) is 2.55. The number of rotatable bonds is 3. The number of allylic oxidation sites excluding steroid dienone is 1. The number of hydrogen-bond acceptors (Lipinski definition) is 1. The summed E-state index contributed by atoms with van der Waals surface area (Å²) >= 11 is 0. The molecule has 0 aliphatic carbocycles. The molecule has 0 saturated heterocycles. The molecule has 0 saturated carbocycles. The first-order valence-electron chi connectivity index (χ1n) is 3.67. The van der Waals surface area contributed by atoms with Gasteiger partial charge in [0.25, 0.3) is 0 Å². The smallest absolute Gasteiger partial charge is 0.218 e. The third-order valence-electron chi connectivity index (χ3n) is 1.05. The van der Waals surface area contributed by atoms with Crippen LogP contribution in [0.1, 0.15) is 13.3 Å². The van der Waals surface area contributed by atoms with Crippen LogP contribution in [0.2, 0.25) is 0 Å². The predicted molar refractivity (Wildman–Crippen MR) is 51.7 cm³/mol. The van der Waals surface area contributed by atoms with Crippen molar-refractivity contribution in [1.82, 2.24) is 0 Å². The van der Waals surface area contributed by atoms with Gasteiger partial charge in [0.15, 0.2) is 5.96 Å². The van der Waals surface area contributed by atoms with E-state index in [1.807, 2.05) is 19.1 Å². The molecule has 6 N–H and O–H groups in total. The van der Waals surface area contributed by atoms with Crippen LogP contribution in [0.25, 0.3) is 0 Å². The van der Waals surface area contributed by atoms with Crippen LogP contribution < -0.4 is 17.2 Å². The first-order chi connectivity index (χ1) is 5.66. The Morgan fingerprint density at radius 3 is 2.50 bits per heavy atom. The number of hydrogen-bond donors (Lipinski definition) is 3. The third-order valence-corrected chi connectivity index (χ3v) is 1.05. The first-order valence-corrected chi connectivity index (χ1v) is 3.67. The highest BCUT2D eigenvalue weighted by Crippen LogP contribution is 1.84. The normalized spacial score (nSPS) is 11.9. The van der Waals surface area contributed by atoms with Gasteiger partial charge in [-0.05, 0) is 13.3 Å². The standard InChI is InChI=1S/C7H15N5/c1-2-3-4-5-11-7(10)12-6(8)9/h2-3H,4-5H2,1H3,(H6,8,9,10,11,12)/b3-2+. The second kappa shape index (κ2) is 6.21. The lowest BCUT2D eigenvalue weighted by atomic mass is 10.4. The molecule has 0 aliphatic heterocycles. The fourth-order valence-electron chi connectivity index (χ4n) is 0.588. The molecule has 0 amide bonds. The van der Waals surface area contributed by atoms with Gasteiger partial charge < -0.3 is 17.2 Å². The molecule has 0 aromatic carbocycles. The van der Waals surface area contributed by atoms with Crippen LogP contribution >= 0.6 is 0 Å². The van der Waals surface area contributed by atoms with E-state index in [0.717, 1.165) is 6.42 Å². The van der Waals surface area contributed by atoms with Crippen LogP contribution in [0.5, 0.6) is 0 Å². The Bertz CT molecular complexity index is 200. The lowest BCUT2D eigenvalue weighted by Gasteiger charge is -1.92. The molecule has 68 valence electrons. The fourth-order valence-corrected chi connectivity index (χ4v) is 0.588. The predicted octanol–water partition coefficient (Wildman–Crippen LogP) is -0.459. The number of nitrogens with two attached hydrogens (primary N) is 3. The maximum Gasteiger partial charge on any atom is 0.218 e. The minimum atomic E-state index is -0.0673. The van der Waals surface area contributed by atoms with Gasteiger partial charge >= 0.3 is 0 Å². The Kier molecular flexibility index (Phi) is 5.42. The Balaban J connectivity index is 3.77. The van der Waals surface area contributed by atoms with Crippen LogP contribution in [0, 0.1) is 0 Å². The van der Waals surface area contributed by atoms with E-state index in [0.29, 0.717) is 6.54 Å². The average molecular weight is 169 g/mol. The van der Waals surface area contributed by atoms with Crippen molar-refractivity contribution in [3.05, 3.63) is 12.2 Å². The van der Waals surface area contributed by atoms with Gasteiger partial charge in [0, 0.05) is 6.54 Å². The van der Waals surface area contributed by atoms with E-state index in [1.54, 1.807) is 0 Å². The van der Waals surface area contributed by atoms with Crippen molar-refractivity contribution in [2.45, 2.75) is 13.3 Å². The maximum absolute atomic E-state index is 5.34. The van der Waals surface area contributed by atoms with E-state index in [4.69, 9.17) is 17.2 Å². The molecule has 0 heterocycles. The molecule has 0 aromatic heterocycles. The molecule has 0 bridgehead atoms. The molecule has 0 aliphatic rings. The lowest BCUT2D eigenvalue weighted by molar-refractivity contribution is 0.996. The van der Waals surface area contributed by atoms with Gasteiger partial charge in [-0.1, -0.05) is 12.2 Å². The Morgan fingerprint density at radius 2 is 2.00 bits per heavy atom. The van der Waals surface area contributed by atoms with Crippen molar-refractivity contribution in [3.63, 3.8) is 0 Å². The molecule has 12 heavy (non-hydrogen) atoms. The van der Waals surface area contributed by atoms with Crippen molar-refractivity contribution in [2.75, 3.05) is 6.54 Å². The third kappa shape index (κ3) is 6.60. The molecule has 5 heteroatoms. The second-order valence-electron chi connectivity index (χ2n) is 2.13. The summed E-state index contributed by atoms with van der Waals surface area (Å²) in [4.78, 5) is 7.45. The van der Waals surface area contributed by atoms with E-state index in [2.05, 4.69) is 9.98 Å². The molecule has 5 nitrogen and oxygen atoms in total. The highest BCUT2D eigenvalue weighted by molar-refractivity contribution is 5.92. The lowest BCUT2D eigenvalue weighted by Crippen LogP contribution is -2.26. The van der Waals surface area contributed by atoms with Crippen molar-refractivity contribution >= 4 is 11.9 Å². The van der Waals surface area contributed by atoms with E-state index in [9.17, 15) is 0 Å². The van der Waals surface area contributed by atoms with Gasteiger partial charge in [0.05, 0.1) is 0 Å². The van der Waals surface area contributed by atoms with Crippen LogP contribution in [-0.2, 0) is 0 Å². The molecule has 0 atom stereocenters. The zero-order chi connectivity index (χ0) is 9.40. The molecule has 0 rings (SSSR count). The molecule has 0 spiro atoms. The average Bonchev–Trinajstić information content (AvgIpc) is 1.97. The van der Waals surface area contributed by atoms with Crippen molar-refractivity contribution < 1.29 is 0 Å². The molecule has 0 fully saturated rings. The highest BCUT2D eigenvalue weighted by Gasteiger charge is 1.86. The maximum atomic E-state index is 5.34. The van der Waals surface area contributed by atoms with Gasteiger partial charge in [-0.2, -0.15) is 4.99 Å². The van der Waals surface area contributed by atoms with E-state index in [-0.39, 0.29) is 11.9 Å². The molecule has 0 aromatic rings. The summed E-state index contributed by atoms with van der Waals surface area (Å²) in [5.74, 6) is 0.0572. The quantitative estimate of drug-likeness (QED) is 0.230. The van der Waals surface area contributed by atoms with Gasteiger partial charge in [-0.15, -0.1) is 0 Å². The van der Waals surface area contributed by atoms with Crippen molar-refractivity contribution in [2.24, 2.45) is 27.2 Å². The van der Waals surface area contributed by atoms with Gasteiger partial charge in [-0.3, -0.25) is 4.99 Å². The Hall–Kier alpha value is -1.52. The monoisotopic (exact) mass is 169 g/mol. The first kappa shape index (κ1) is 10.5. The van der Waals surface area contributed by atoms with Crippen molar-refractivity contribution in [1.29, 1.82) is 0 Å². The largest absolute Gasteiger partial charge is 0.370 e. The molecule has 0 unspecified atom stereocenters. The minimum absolute atomic E-state index is 0.0673. The van der Waals surface area contributed by atoms with Crippen LogP contribution in [0.15, 0.2) is 22.1 Å². The summed E-state index contributed by atoms with van der Waals surface area (Å²) in [5, 5.41) is 0. The van der Waals surface area contributed by atoms with Crippen LogP contribution in [-0.4, -0.2) is 18.5 Å². The molecule has 0 radical (unpaired) electrons. The summed E-state index contributed by atoms with van der Waals surface area (Å²) < 4.78 is 0. The number of aliphatic imine (C=N–C) groups is 2. The van der Waals surface area contributed by atoms with Crippen LogP contribution in [0.3, 0.4) is 0 Å².